The normalized spacial score (nSPS) is 12.2. The molecular formula is C14H20N2O2S. The van der Waals surface area contributed by atoms with Crippen LogP contribution in [0.15, 0.2) is 30.3 Å². The highest BCUT2D eigenvalue weighted by atomic mass is 32.1. The lowest BCUT2D eigenvalue weighted by Gasteiger charge is -2.16. The van der Waals surface area contributed by atoms with E-state index in [1.54, 1.807) is 0 Å². The van der Waals surface area contributed by atoms with Gasteiger partial charge in [0, 0.05) is 6.54 Å². The fourth-order valence-corrected chi connectivity index (χ4v) is 1.90. The highest BCUT2D eigenvalue weighted by molar-refractivity contribution is 7.80. The molecule has 0 heterocycles. The molecule has 0 spiro atoms. The third kappa shape index (κ3) is 5.36. The van der Waals surface area contributed by atoms with Crippen LogP contribution >= 0.6 is 12.2 Å². The number of thiocarbonyl (C=S) groups is 1. The summed E-state index contributed by atoms with van der Waals surface area (Å²) in [4.78, 5) is 12.3. The van der Waals surface area contributed by atoms with Crippen LogP contribution < -0.4 is 11.1 Å². The van der Waals surface area contributed by atoms with E-state index in [2.05, 4.69) is 5.32 Å². The monoisotopic (exact) mass is 280 g/mol. The number of nitrogens with two attached hydrogens (primary N) is 1. The van der Waals surface area contributed by atoms with E-state index in [9.17, 15) is 4.79 Å². The third-order valence-electron chi connectivity index (χ3n) is 2.53. The van der Waals surface area contributed by atoms with Crippen molar-refractivity contribution in [2.75, 3.05) is 13.2 Å². The van der Waals surface area contributed by atoms with Crippen molar-refractivity contribution in [3.63, 3.8) is 0 Å². The summed E-state index contributed by atoms with van der Waals surface area (Å²) in [6.07, 6.45) is 0.150. The van der Waals surface area contributed by atoms with Crippen LogP contribution in [0.3, 0.4) is 0 Å². The summed E-state index contributed by atoms with van der Waals surface area (Å²) in [5.41, 5.74) is 6.46. The maximum Gasteiger partial charge on any atom is 0.234 e. The Balaban J connectivity index is 2.58. The Labute approximate surface area is 119 Å². The lowest BCUT2D eigenvalue weighted by atomic mass is 9.98. The molecule has 104 valence electrons. The molecule has 0 aliphatic rings. The Morgan fingerprint density at radius 1 is 1.37 bits per heavy atom. The van der Waals surface area contributed by atoms with Gasteiger partial charge in [0.25, 0.3) is 0 Å². The molecule has 0 aromatic heterocycles. The van der Waals surface area contributed by atoms with Crippen LogP contribution in [-0.2, 0) is 9.53 Å². The molecule has 0 aliphatic carbocycles. The van der Waals surface area contributed by atoms with Crippen LogP contribution in [0.4, 0.5) is 0 Å². The number of ether oxygens (including phenoxy) is 1. The molecule has 0 saturated carbocycles. The van der Waals surface area contributed by atoms with E-state index in [-0.39, 0.29) is 17.0 Å². The molecule has 1 unspecified atom stereocenters. The molecule has 0 bridgehead atoms. The molecule has 0 aliphatic heterocycles. The molecule has 5 heteroatoms. The van der Waals surface area contributed by atoms with E-state index in [1.807, 2.05) is 44.2 Å². The molecule has 19 heavy (non-hydrogen) atoms. The molecule has 3 N–H and O–H groups in total. The molecule has 1 atom stereocenters. The van der Waals surface area contributed by atoms with E-state index < -0.39 is 5.92 Å². The van der Waals surface area contributed by atoms with Gasteiger partial charge in [0.15, 0.2) is 0 Å². The van der Waals surface area contributed by atoms with Gasteiger partial charge in [-0.2, -0.15) is 0 Å². The molecule has 0 radical (unpaired) electrons. The Bertz CT molecular complexity index is 421. The second-order valence-electron chi connectivity index (χ2n) is 4.46. The van der Waals surface area contributed by atoms with Gasteiger partial charge in [-0.1, -0.05) is 42.5 Å². The maximum atomic E-state index is 12.1. The SMILES string of the molecule is CC(C)OCCNC(=O)C(C(N)=S)c1ccccc1. The Hall–Kier alpha value is -1.46. The topological polar surface area (TPSA) is 64.3 Å². The molecule has 1 aromatic carbocycles. The quantitative estimate of drug-likeness (QED) is 0.588. The molecule has 4 nitrogen and oxygen atoms in total. The predicted molar refractivity (Wildman–Crippen MR) is 80.1 cm³/mol. The summed E-state index contributed by atoms with van der Waals surface area (Å²) >= 11 is 4.98. The number of carbonyl (C=O) groups is 1. The van der Waals surface area contributed by atoms with Crippen molar-refractivity contribution in [3.8, 4) is 0 Å². The molecule has 1 amide bonds. The van der Waals surface area contributed by atoms with Crippen LogP contribution in [0.1, 0.15) is 25.3 Å². The van der Waals surface area contributed by atoms with E-state index in [0.717, 1.165) is 5.56 Å². The van der Waals surface area contributed by atoms with Crippen LogP contribution in [0, 0.1) is 0 Å². The molecular weight excluding hydrogens is 260 g/mol. The van der Waals surface area contributed by atoms with Crippen molar-refractivity contribution in [3.05, 3.63) is 35.9 Å². The summed E-state index contributed by atoms with van der Waals surface area (Å²) in [7, 11) is 0. The Morgan fingerprint density at radius 2 is 2.00 bits per heavy atom. The van der Waals surface area contributed by atoms with Gasteiger partial charge in [-0.3, -0.25) is 4.79 Å². The minimum atomic E-state index is -0.588. The second kappa shape index (κ2) is 7.86. The van der Waals surface area contributed by atoms with Crippen molar-refractivity contribution in [2.45, 2.75) is 25.9 Å². The highest BCUT2D eigenvalue weighted by Gasteiger charge is 2.22. The standard InChI is InChI=1S/C14H20N2O2S/c1-10(2)18-9-8-16-14(17)12(13(15)19)11-6-4-3-5-7-11/h3-7,10,12H,8-9H2,1-2H3,(H2,15,19)(H,16,17). The minimum Gasteiger partial charge on any atom is -0.392 e. The molecule has 0 fully saturated rings. The number of nitrogens with one attached hydrogen (secondary N) is 1. The molecule has 1 aromatic rings. The highest BCUT2D eigenvalue weighted by Crippen LogP contribution is 2.15. The first-order chi connectivity index (χ1) is 9.02. The van der Waals surface area contributed by atoms with Crippen LogP contribution in [0.2, 0.25) is 0 Å². The van der Waals surface area contributed by atoms with Gasteiger partial charge in [0.1, 0.15) is 5.92 Å². The molecule has 0 saturated heterocycles. The van der Waals surface area contributed by atoms with Gasteiger partial charge >= 0.3 is 0 Å². The lowest BCUT2D eigenvalue weighted by molar-refractivity contribution is -0.121. The van der Waals surface area contributed by atoms with E-state index in [1.165, 1.54) is 0 Å². The van der Waals surface area contributed by atoms with Gasteiger partial charge in [-0.25, -0.2) is 0 Å². The van der Waals surface area contributed by atoms with Gasteiger partial charge < -0.3 is 15.8 Å². The zero-order valence-corrected chi connectivity index (χ0v) is 12.1. The van der Waals surface area contributed by atoms with E-state index in [0.29, 0.717) is 13.2 Å². The Morgan fingerprint density at radius 3 is 2.53 bits per heavy atom. The van der Waals surface area contributed by atoms with Gasteiger partial charge in [0.05, 0.1) is 17.7 Å². The smallest absolute Gasteiger partial charge is 0.234 e. The van der Waals surface area contributed by atoms with Crippen LogP contribution in [0.5, 0.6) is 0 Å². The largest absolute Gasteiger partial charge is 0.392 e. The first-order valence-corrected chi connectivity index (χ1v) is 6.66. The Kier molecular flexibility index (Phi) is 6.45. The first-order valence-electron chi connectivity index (χ1n) is 6.26. The average Bonchev–Trinajstić information content (AvgIpc) is 2.35. The average molecular weight is 280 g/mol. The van der Waals surface area contributed by atoms with E-state index in [4.69, 9.17) is 22.7 Å². The maximum absolute atomic E-state index is 12.1. The van der Waals surface area contributed by atoms with Gasteiger partial charge in [-0.15, -0.1) is 0 Å². The number of carbonyl (C=O) groups excluding carboxylic acids is 1. The number of benzene rings is 1. The fourth-order valence-electron chi connectivity index (χ4n) is 1.66. The van der Waals surface area contributed by atoms with E-state index >= 15 is 0 Å². The minimum absolute atomic E-state index is 0.150. The van der Waals surface area contributed by atoms with Crippen molar-refractivity contribution < 1.29 is 9.53 Å². The summed E-state index contributed by atoms with van der Waals surface area (Å²) in [6, 6.07) is 9.28. The second-order valence-corrected chi connectivity index (χ2v) is 4.93. The van der Waals surface area contributed by atoms with Crippen LogP contribution in [0.25, 0.3) is 0 Å². The fraction of sp³-hybridized carbons (Fsp3) is 0.429. The first kappa shape index (κ1) is 15.6. The lowest BCUT2D eigenvalue weighted by Crippen LogP contribution is -2.37. The van der Waals surface area contributed by atoms with Gasteiger partial charge in [-0.05, 0) is 19.4 Å². The van der Waals surface area contributed by atoms with Crippen molar-refractivity contribution in [2.24, 2.45) is 5.73 Å². The van der Waals surface area contributed by atoms with Crippen LogP contribution in [-0.4, -0.2) is 30.2 Å². The number of rotatable bonds is 7. The van der Waals surface area contributed by atoms with Crippen molar-refractivity contribution in [1.82, 2.24) is 5.32 Å². The van der Waals surface area contributed by atoms with Crippen molar-refractivity contribution >= 4 is 23.1 Å². The zero-order valence-electron chi connectivity index (χ0n) is 11.3. The summed E-state index contributed by atoms with van der Waals surface area (Å²) in [6.45, 7) is 4.82. The zero-order chi connectivity index (χ0) is 14.3. The number of hydrogen-bond acceptors (Lipinski definition) is 3. The number of amides is 1. The van der Waals surface area contributed by atoms with Crippen molar-refractivity contribution in [1.29, 1.82) is 0 Å². The van der Waals surface area contributed by atoms with Gasteiger partial charge in [0.2, 0.25) is 5.91 Å². The number of hydrogen-bond donors (Lipinski definition) is 2. The summed E-state index contributed by atoms with van der Waals surface area (Å²) in [5.74, 6) is -0.777. The summed E-state index contributed by atoms with van der Waals surface area (Å²) < 4.78 is 5.36. The molecule has 1 rings (SSSR count). The summed E-state index contributed by atoms with van der Waals surface area (Å²) in [5, 5.41) is 2.79. The third-order valence-corrected chi connectivity index (χ3v) is 2.77. The predicted octanol–water partition coefficient (Wildman–Crippen LogP) is 1.60.